The van der Waals surface area contributed by atoms with E-state index < -0.39 is 23.2 Å². The lowest BCUT2D eigenvalue weighted by Gasteiger charge is -2.66. The first-order valence-electron chi connectivity index (χ1n) is 9.22. The molecule has 0 unspecified atom stereocenters. The maximum Gasteiger partial charge on any atom is 0.0692 e. The Bertz CT molecular complexity index is 501. The van der Waals surface area contributed by atoms with Gasteiger partial charge >= 0.3 is 0 Å². The quantitative estimate of drug-likeness (QED) is 0.649. The van der Waals surface area contributed by atoms with Gasteiger partial charge in [0.25, 0.3) is 0 Å². The minimum absolute atomic E-state index is 0.0497. The molecule has 0 bridgehead atoms. The van der Waals surface area contributed by atoms with Gasteiger partial charge in [-0.25, -0.2) is 0 Å². The third-order valence-electron chi connectivity index (χ3n) is 8.11. The summed E-state index contributed by atoms with van der Waals surface area (Å²) < 4.78 is 0. The lowest BCUT2D eigenvalue weighted by atomic mass is 9.41. The Hall–Kier alpha value is -0.380. The normalized spacial score (nSPS) is 55.6. The molecule has 3 rings (SSSR count). The highest BCUT2D eigenvalue weighted by Gasteiger charge is 2.65. The Kier molecular flexibility index (Phi) is 3.84. The van der Waals surface area contributed by atoms with E-state index in [1.54, 1.807) is 0 Å². The van der Waals surface area contributed by atoms with Crippen molar-refractivity contribution in [3.8, 4) is 0 Å². The molecule has 23 heavy (non-hydrogen) atoms. The molecule has 132 valence electrons. The molecule has 0 aromatic carbocycles. The van der Waals surface area contributed by atoms with E-state index in [9.17, 15) is 15.3 Å². The fraction of sp³-hybridized carbons (Fsp3) is 0.900. The van der Waals surface area contributed by atoms with Crippen LogP contribution in [0.1, 0.15) is 66.2 Å². The van der Waals surface area contributed by atoms with E-state index in [2.05, 4.69) is 27.4 Å². The molecule has 3 nitrogen and oxygen atoms in total. The zero-order valence-electron chi connectivity index (χ0n) is 15.2. The molecule has 0 amide bonds. The van der Waals surface area contributed by atoms with Crippen molar-refractivity contribution >= 4 is 0 Å². The third-order valence-corrected chi connectivity index (χ3v) is 8.11. The molecule has 7 atom stereocenters. The third kappa shape index (κ3) is 2.26. The van der Waals surface area contributed by atoms with Crippen LogP contribution in [0, 0.1) is 28.1 Å². The molecule has 3 saturated carbocycles. The average Bonchev–Trinajstić information content (AvgIpc) is 2.46. The highest BCUT2D eigenvalue weighted by atomic mass is 16.3. The average molecular weight is 322 g/mol. The van der Waals surface area contributed by atoms with Crippen LogP contribution in [0.5, 0.6) is 0 Å². The summed E-state index contributed by atoms with van der Waals surface area (Å²) in [6.07, 6.45) is 5.57. The monoisotopic (exact) mass is 322 g/mol. The van der Waals surface area contributed by atoms with Gasteiger partial charge in [-0.15, -0.1) is 6.58 Å². The molecular weight excluding hydrogens is 288 g/mol. The van der Waals surface area contributed by atoms with Crippen LogP contribution in [0.15, 0.2) is 12.7 Å². The fourth-order valence-electron chi connectivity index (χ4n) is 6.56. The van der Waals surface area contributed by atoms with Crippen LogP contribution in [-0.4, -0.2) is 33.1 Å². The highest BCUT2D eigenvalue weighted by molar-refractivity contribution is 5.17. The van der Waals surface area contributed by atoms with Crippen LogP contribution < -0.4 is 0 Å². The molecule has 0 aromatic rings. The predicted molar refractivity (Wildman–Crippen MR) is 91.8 cm³/mol. The van der Waals surface area contributed by atoms with E-state index in [0.29, 0.717) is 18.8 Å². The number of rotatable bonds is 1. The number of hydrogen-bond acceptors (Lipinski definition) is 3. The number of aliphatic hydroxyl groups excluding tert-OH is 2. The summed E-state index contributed by atoms with van der Waals surface area (Å²) in [6.45, 7) is 12.7. The molecular formula is C20H34O3. The summed E-state index contributed by atoms with van der Waals surface area (Å²) >= 11 is 0. The van der Waals surface area contributed by atoms with Crippen molar-refractivity contribution < 1.29 is 15.3 Å². The van der Waals surface area contributed by atoms with Crippen molar-refractivity contribution in [3.63, 3.8) is 0 Å². The molecule has 3 heteroatoms. The zero-order chi connectivity index (χ0) is 17.3. The first-order valence-corrected chi connectivity index (χ1v) is 9.22. The smallest absolute Gasteiger partial charge is 0.0692 e. The molecule has 0 aliphatic heterocycles. The molecule has 3 aliphatic carbocycles. The summed E-state index contributed by atoms with van der Waals surface area (Å²) in [7, 11) is 0. The molecule has 0 aromatic heterocycles. The van der Waals surface area contributed by atoms with Crippen molar-refractivity contribution in [1.82, 2.24) is 0 Å². The summed E-state index contributed by atoms with van der Waals surface area (Å²) in [5.74, 6) is 0.343. The molecule has 3 aliphatic rings. The SMILES string of the molecule is C=C[C@]1(C)C[C@]2(O)CC[C@H]3C(C)(C)CC[C@@H](O)[C@]3(C)[C@@H]2C[C@H]1O. The Morgan fingerprint density at radius 1 is 0.957 bits per heavy atom. The van der Waals surface area contributed by atoms with Crippen molar-refractivity contribution in [2.75, 3.05) is 0 Å². The van der Waals surface area contributed by atoms with Crippen LogP contribution in [0.25, 0.3) is 0 Å². The van der Waals surface area contributed by atoms with E-state index in [1.165, 1.54) is 0 Å². The summed E-state index contributed by atoms with van der Waals surface area (Å²) in [5, 5.41) is 33.1. The van der Waals surface area contributed by atoms with E-state index in [-0.39, 0.29) is 16.7 Å². The van der Waals surface area contributed by atoms with Gasteiger partial charge in [-0.2, -0.15) is 0 Å². The maximum atomic E-state index is 11.5. The van der Waals surface area contributed by atoms with Gasteiger partial charge in [0, 0.05) is 10.8 Å². The van der Waals surface area contributed by atoms with Gasteiger partial charge in [0.15, 0.2) is 0 Å². The fourth-order valence-corrected chi connectivity index (χ4v) is 6.56. The zero-order valence-corrected chi connectivity index (χ0v) is 15.2. The van der Waals surface area contributed by atoms with Gasteiger partial charge < -0.3 is 15.3 Å². The standard InChI is InChI=1S/C20H34O3/c1-6-18(4)12-20(23)10-7-13-17(2,3)9-8-15(21)19(13,5)14(20)11-16(18)22/h6,13-16,21-23H,1,7-12H2,2-5H3/t13-,14-,15+,16+,18+,19-,20+/m0/s1. The van der Waals surface area contributed by atoms with Gasteiger partial charge in [0.1, 0.15) is 0 Å². The van der Waals surface area contributed by atoms with Crippen LogP contribution >= 0.6 is 0 Å². The maximum absolute atomic E-state index is 11.5. The number of aliphatic hydroxyl groups is 3. The van der Waals surface area contributed by atoms with Gasteiger partial charge in [-0.1, -0.05) is 33.8 Å². The highest BCUT2D eigenvalue weighted by Crippen LogP contribution is 2.66. The van der Waals surface area contributed by atoms with E-state index in [1.807, 2.05) is 13.0 Å². The predicted octanol–water partition coefficient (Wildman–Crippen LogP) is 3.28. The Morgan fingerprint density at radius 3 is 2.22 bits per heavy atom. The van der Waals surface area contributed by atoms with E-state index in [0.717, 1.165) is 25.7 Å². The van der Waals surface area contributed by atoms with Crippen molar-refractivity contribution in [3.05, 3.63) is 12.7 Å². The molecule has 0 heterocycles. The van der Waals surface area contributed by atoms with Crippen LogP contribution in [0.3, 0.4) is 0 Å². The molecule has 0 saturated heterocycles. The van der Waals surface area contributed by atoms with E-state index in [4.69, 9.17) is 0 Å². The van der Waals surface area contributed by atoms with Crippen LogP contribution in [0.4, 0.5) is 0 Å². The van der Waals surface area contributed by atoms with E-state index >= 15 is 0 Å². The van der Waals surface area contributed by atoms with Crippen molar-refractivity contribution in [1.29, 1.82) is 0 Å². The van der Waals surface area contributed by atoms with Crippen LogP contribution in [0.2, 0.25) is 0 Å². The van der Waals surface area contributed by atoms with Crippen molar-refractivity contribution in [2.24, 2.45) is 28.1 Å². The van der Waals surface area contributed by atoms with Gasteiger partial charge in [0.05, 0.1) is 17.8 Å². The van der Waals surface area contributed by atoms with Gasteiger partial charge in [-0.3, -0.25) is 0 Å². The summed E-state index contributed by atoms with van der Waals surface area (Å²) in [4.78, 5) is 0. The second-order valence-corrected chi connectivity index (χ2v) is 9.79. The second kappa shape index (κ2) is 5.06. The molecule has 0 spiro atoms. The minimum Gasteiger partial charge on any atom is -0.393 e. The van der Waals surface area contributed by atoms with Crippen LogP contribution in [-0.2, 0) is 0 Å². The van der Waals surface area contributed by atoms with Gasteiger partial charge in [0.2, 0.25) is 0 Å². The first kappa shape index (κ1) is 17.4. The Morgan fingerprint density at radius 2 is 1.61 bits per heavy atom. The van der Waals surface area contributed by atoms with Crippen molar-refractivity contribution in [2.45, 2.75) is 84.0 Å². The second-order valence-electron chi connectivity index (χ2n) is 9.79. The minimum atomic E-state index is -0.804. The summed E-state index contributed by atoms with van der Waals surface area (Å²) in [5.41, 5.74) is -1.39. The first-order chi connectivity index (χ1) is 10.5. The lowest BCUT2D eigenvalue weighted by molar-refractivity contribution is -0.251. The molecule has 3 N–H and O–H groups in total. The lowest BCUT2D eigenvalue weighted by Crippen LogP contribution is -2.67. The Labute approximate surface area is 140 Å². The topological polar surface area (TPSA) is 60.7 Å². The largest absolute Gasteiger partial charge is 0.393 e. The van der Waals surface area contributed by atoms with Gasteiger partial charge in [-0.05, 0) is 55.8 Å². The number of fused-ring (bicyclic) bond motifs is 3. The Balaban J connectivity index is 2.03. The molecule has 3 fully saturated rings. The summed E-state index contributed by atoms with van der Waals surface area (Å²) in [6, 6.07) is 0. The number of hydrogen-bond donors (Lipinski definition) is 3. The molecule has 0 radical (unpaired) electrons.